The van der Waals surface area contributed by atoms with Crippen LogP contribution in [-0.2, 0) is 23.2 Å². The van der Waals surface area contributed by atoms with Gasteiger partial charge < -0.3 is 9.84 Å². The van der Waals surface area contributed by atoms with E-state index in [0.29, 0.717) is 16.2 Å². The Bertz CT molecular complexity index is 722. The minimum absolute atomic E-state index is 0.131. The van der Waals surface area contributed by atoms with Gasteiger partial charge in [-0.3, -0.25) is 0 Å². The van der Waals surface area contributed by atoms with Crippen molar-refractivity contribution in [2.45, 2.75) is 25.0 Å². The molecule has 0 saturated heterocycles. The molecule has 2 rings (SSSR count). The number of benzene rings is 1. The summed E-state index contributed by atoms with van der Waals surface area (Å²) in [6.07, 6.45) is 0. The first-order valence-electron chi connectivity index (χ1n) is 6.29. The van der Waals surface area contributed by atoms with E-state index in [1.165, 1.54) is 11.3 Å². The first-order chi connectivity index (χ1) is 9.99. The Morgan fingerprint density at radius 1 is 1.33 bits per heavy atom. The van der Waals surface area contributed by atoms with E-state index >= 15 is 0 Å². The maximum Gasteiger partial charge on any atom is 0.242 e. The topological polar surface area (TPSA) is 75.6 Å². The van der Waals surface area contributed by atoms with Gasteiger partial charge in [-0.1, -0.05) is 18.2 Å². The van der Waals surface area contributed by atoms with E-state index in [1.807, 2.05) is 12.1 Å². The molecule has 0 amide bonds. The standard InChI is InChI=1S/C14H17NO4S2/c1-10-9-20-13(8-16)14(10)21(17,18)15-7-11-5-3-4-6-12(11)19-2/h3-6,9,15-16H,7-8H2,1-2H3. The molecule has 21 heavy (non-hydrogen) atoms. The summed E-state index contributed by atoms with van der Waals surface area (Å²) in [4.78, 5) is 0.616. The number of methoxy groups -OCH3 is 1. The van der Waals surface area contributed by atoms with Gasteiger partial charge in [0.25, 0.3) is 0 Å². The van der Waals surface area contributed by atoms with Crippen molar-refractivity contribution in [1.29, 1.82) is 0 Å². The Hall–Kier alpha value is -1.41. The van der Waals surface area contributed by atoms with Crippen LogP contribution in [0, 0.1) is 6.92 Å². The van der Waals surface area contributed by atoms with E-state index in [9.17, 15) is 13.5 Å². The van der Waals surface area contributed by atoms with E-state index in [1.54, 1.807) is 31.5 Å². The monoisotopic (exact) mass is 327 g/mol. The lowest BCUT2D eigenvalue weighted by Gasteiger charge is -2.11. The Kier molecular flexibility index (Phi) is 5.00. The highest BCUT2D eigenvalue weighted by Gasteiger charge is 2.22. The van der Waals surface area contributed by atoms with Gasteiger partial charge in [0.2, 0.25) is 10.0 Å². The van der Waals surface area contributed by atoms with Gasteiger partial charge >= 0.3 is 0 Å². The molecule has 0 radical (unpaired) electrons. The van der Waals surface area contributed by atoms with Gasteiger partial charge in [0.1, 0.15) is 10.6 Å². The quantitative estimate of drug-likeness (QED) is 0.851. The fraction of sp³-hybridized carbons (Fsp3) is 0.286. The number of hydrogen-bond acceptors (Lipinski definition) is 5. The summed E-state index contributed by atoms with van der Waals surface area (Å²) in [5.74, 6) is 0.629. The van der Waals surface area contributed by atoms with Crippen LogP contribution in [-0.4, -0.2) is 20.6 Å². The van der Waals surface area contributed by atoms with Gasteiger partial charge in [-0.2, -0.15) is 0 Å². The first kappa shape index (κ1) is 16.0. The molecule has 1 aromatic carbocycles. The van der Waals surface area contributed by atoms with Crippen molar-refractivity contribution >= 4 is 21.4 Å². The second kappa shape index (κ2) is 6.57. The second-order valence-electron chi connectivity index (χ2n) is 4.47. The van der Waals surface area contributed by atoms with E-state index in [2.05, 4.69) is 4.72 Å². The molecule has 7 heteroatoms. The highest BCUT2D eigenvalue weighted by Crippen LogP contribution is 2.27. The van der Waals surface area contributed by atoms with Crippen molar-refractivity contribution in [3.63, 3.8) is 0 Å². The molecule has 0 saturated carbocycles. The van der Waals surface area contributed by atoms with E-state index in [-0.39, 0.29) is 18.0 Å². The molecule has 0 atom stereocenters. The van der Waals surface area contributed by atoms with Crippen molar-refractivity contribution < 1.29 is 18.3 Å². The predicted octanol–water partition coefficient (Wildman–Crippen LogP) is 2.04. The van der Waals surface area contributed by atoms with Crippen LogP contribution in [0.5, 0.6) is 5.75 Å². The molecule has 0 aliphatic carbocycles. The number of aryl methyl sites for hydroxylation is 1. The zero-order valence-electron chi connectivity index (χ0n) is 11.8. The number of aliphatic hydroxyl groups excluding tert-OH is 1. The van der Waals surface area contributed by atoms with Gasteiger partial charge in [-0.15, -0.1) is 11.3 Å². The van der Waals surface area contributed by atoms with Crippen LogP contribution in [0.4, 0.5) is 0 Å². The Morgan fingerprint density at radius 2 is 2.05 bits per heavy atom. The third-order valence-electron chi connectivity index (χ3n) is 3.05. The summed E-state index contributed by atoms with van der Waals surface area (Å²) in [5, 5.41) is 11.0. The molecule has 2 N–H and O–H groups in total. The number of nitrogens with one attached hydrogen (secondary N) is 1. The van der Waals surface area contributed by atoms with Crippen LogP contribution in [0.3, 0.4) is 0 Å². The van der Waals surface area contributed by atoms with Gasteiger partial charge in [-0.05, 0) is 23.9 Å². The summed E-state index contributed by atoms with van der Waals surface area (Å²) in [6.45, 7) is 1.56. The van der Waals surface area contributed by atoms with E-state index in [4.69, 9.17) is 4.74 Å². The van der Waals surface area contributed by atoms with Crippen LogP contribution < -0.4 is 9.46 Å². The number of thiophene rings is 1. The summed E-state index contributed by atoms with van der Waals surface area (Å²) in [7, 11) is -2.13. The van der Waals surface area contributed by atoms with Crippen LogP contribution in [0.15, 0.2) is 34.5 Å². The van der Waals surface area contributed by atoms with Crippen molar-refractivity contribution in [2.75, 3.05) is 7.11 Å². The summed E-state index contributed by atoms with van der Waals surface area (Å²) < 4.78 is 32.6. The molecular weight excluding hydrogens is 310 g/mol. The van der Waals surface area contributed by atoms with Gasteiger partial charge in [0, 0.05) is 12.1 Å². The average Bonchev–Trinajstić information content (AvgIpc) is 2.87. The van der Waals surface area contributed by atoms with Crippen molar-refractivity contribution in [3.05, 3.63) is 45.6 Å². The zero-order valence-corrected chi connectivity index (χ0v) is 13.4. The number of para-hydroxylation sites is 1. The minimum atomic E-state index is -3.67. The third-order valence-corrected chi connectivity index (χ3v) is 5.90. The fourth-order valence-electron chi connectivity index (χ4n) is 2.05. The molecule has 0 unspecified atom stereocenters. The maximum atomic E-state index is 12.4. The smallest absolute Gasteiger partial charge is 0.242 e. The number of sulfonamides is 1. The molecule has 1 heterocycles. The van der Waals surface area contributed by atoms with E-state index < -0.39 is 10.0 Å². The SMILES string of the molecule is COc1ccccc1CNS(=O)(=O)c1c(C)csc1CO. The van der Waals surface area contributed by atoms with Gasteiger partial charge in [0.05, 0.1) is 18.6 Å². The lowest BCUT2D eigenvalue weighted by atomic mass is 10.2. The summed E-state index contributed by atoms with van der Waals surface area (Å²) in [5.41, 5.74) is 1.39. The van der Waals surface area contributed by atoms with Crippen LogP contribution in [0.1, 0.15) is 16.0 Å². The zero-order chi connectivity index (χ0) is 15.5. The molecule has 0 bridgehead atoms. The molecule has 114 valence electrons. The maximum absolute atomic E-state index is 12.4. The van der Waals surface area contributed by atoms with Crippen molar-refractivity contribution in [1.82, 2.24) is 4.72 Å². The Labute approximate surface area is 128 Å². The van der Waals surface area contributed by atoms with Crippen molar-refractivity contribution in [2.24, 2.45) is 0 Å². The van der Waals surface area contributed by atoms with Crippen LogP contribution in [0.25, 0.3) is 0 Å². The molecule has 0 aliphatic rings. The van der Waals surface area contributed by atoms with E-state index in [0.717, 1.165) is 5.56 Å². The lowest BCUT2D eigenvalue weighted by molar-refractivity contribution is 0.282. The second-order valence-corrected chi connectivity index (χ2v) is 7.13. The molecule has 0 spiro atoms. The average molecular weight is 327 g/mol. The molecule has 0 fully saturated rings. The highest BCUT2D eigenvalue weighted by atomic mass is 32.2. The lowest BCUT2D eigenvalue weighted by Crippen LogP contribution is -2.24. The number of hydrogen-bond donors (Lipinski definition) is 2. The summed E-state index contributed by atoms with van der Waals surface area (Å²) in [6, 6.07) is 7.22. The number of rotatable bonds is 6. The Balaban J connectivity index is 2.24. The first-order valence-corrected chi connectivity index (χ1v) is 8.65. The minimum Gasteiger partial charge on any atom is -0.496 e. The molecule has 1 aromatic heterocycles. The third kappa shape index (κ3) is 3.44. The molecular formula is C14H17NO4S2. The predicted molar refractivity (Wildman–Crippen MR) is 82.0 cm³/mol. The molecule has 5 nitrogen and oxygen atoms in total. The fourth-order valence-corrected chi connectivity index (χ4v) is 4.72. The number of ether oxygens (including phenoxy) is 1. The Morgan fingerprint density at radius 3 is 2.71 bits per heavy atom. The summed E-state index contributed by atoms with van der Waals surface area (Å²) >= 11 is 1.24. The number of aliphatic hydroxyl groups is 1. The molecule has 2 aromatic rings. The van der Waals surface area contributed by atoms with Crippen LogP contribution in [0.2, 0.25) is 0 Å². The van der Waals surface area contributed by atoms with Crippen LogP contribution >= 0.6 is 11.3 Å². The normalized spacial score (nSPS) is 11.6. The van der Waals surface area contributed by atoms with Gasteiger partial charge in [-0.25, -0.2) is 13.1 Å². The van der Waals surface area contributed by atoms with Crippen molar-refractivity contribution in [3.8, 4) is 5.75 Å². The van der Waals surface area contributed by atoms with Gasteiger partial charge in [0.15, 0.2) is 0 Å². The largest absolute Gasteiger partial charge is 0.496 e. The molecule has 0 aliphatic heterocycles. The highest BCUT2D eigenvalue weighted by molar-refractivity contribution is 7.89.